The zero-order chi connectivity index (χ0) is 45.1. The lowest BCUT2D eigenvalue weighted by Crippen LogP contribution is -2.55. The molecule has 13 nitrogen and oxygen atoms in total. The summed E-state index contributed by atoms with van der Waals surface area (Å²) in [7, 11) is 0. The lowest BCUT2D eigenvalue weighted by molar-refractivity contribution is -0.142. The average Bonchev–Trinajstić information content (AvgIpc) is 3.25. The van der Waals surface area contributed by atoms with E-state index in [1.165, 1.54) is 0 Å². The van der Waals surface area contributed by atoms with Crippen molar-refractivity contribution in [2.75, 3.05) is 5.73 Å². The number of nitrogens with one attached hydrogen (secondary N) is 4. The Balaban J connectivity index is 1.27. The van der Waals surface area contributed by atoms with Crippen molar-refractivity contribution in [3.05, 3.63) is 102 Å². The molecule has 0 fully saturated rings. The Morgan fingerprint density at radius 2 is 0.919 bits per heavy atom. The van der Waals surface area contributed by atoms with Gasteiger partial charge in [-0.3, -0.25) is 24.0 Å². The van der Waals surface area contributed by atoms with Crippen LogP contribution in [0.3, 0.4) is 0 Å². The molecule has 338 valence electrons. The van der Waals surface area contributed by atoms with Crippen LogP contribution in [0.4, 0.5) is 5.69 Å². The normalized spacial score (nSPS) is 13.5. The number of primary amides is 1. The topological polar surface area (TPSA) is 223 Å². The second kappa shape index (κ2) is 28.7. The molecule has 5 amide bonds. The highest BCUT2D eigenvalue weighted by atomic mass is 16.4. The van der Waals surface area contributed by atoms with Crippen molar-refractivity contribution in [3.63, 3.8) is 0 Å². The van der Waals surface area contributed by atoms with Gasteiger partial charge in [0, 0.05) is 37.8 Å². The second-order valence-corrected chi connectivity index (χ2v) is 16.5. The molecule has 0 heterocycles. The lowest BCUT2D eigenvalue weighted by Gasteiger charge is -2.26. The molecule has 0 aliphatic heterocycles. The second-order valence-electron chi connectivity index (χ2n) is 16.5. The van der Waals surface area contributed by atoms with Gasteiger partial charge < -0.3 is 37.8 Å². The summed E-state index contributed by atoms with van der Waals surface area (Å²) >= 11 is 0. The summed E-state index contributed by atoms with van der Waals surface area (Å²) in [5, 5.41) is 21.0. The van der Waals surface area contributed by atoms with Gasteiger partial charge in [-0.25, -0.2) is 4.79 Å². The van der Waals surface area contributed by atoms with Crippen LogP contribution in [0.1, 0.15) is 127 Å². The highest BCUT2D eigenvalue weighted by molar-refractivity contribution is 5.92. The fraction of sp³-hybridized carbons (Fsp3) is 0.510. The lowest BCUT2D eigenvalue weighted by atomic mass is 9.97. The fourth-order valence-corrected chi connectivity index (χ4v) is 7.31. The van der Waals surface area contributed by atoms with E-state index < -0.39 is 47.9 Å². The number of benzene rings is 3. The molecule has 0 bridgehead atoms. The van der Waals surface area contributed by atoms with Crippen LogP contribution in [0, 0.1) is 5.92 Å². The molecule has 5 atom stereocenters. The van der Waals surface area contributed by atoms with Gasteiger partial charge in [0.25, 0.3) is 0 Å². The third-order valence-corrected chi connectivity index (χ3v) is 11.3. The molecule has 0 aliphatic rings. The smallest absolute Gasteiger partial charge is 0.326 e. The first-order valence-corrected chi connectivity index (χ1v) is 22.5. The van der Waals surface area contributed by atoms with Crippen LogP contribution in [0.5, 0.6) is 0 Å². The first kappa shape index (κ1) is 50.6. The van der Waals surface area contributed by atoms with E-state index in [2.05, 4.69) is 21.3 Å². The molecule has 0 unspecified atom stereocenters. The van der Waals surface area contributed by atoms with Gasteiger partial charge in [0.1, 0.15) is 24.2 Å². The van der Waals surface area contributed by atoms with E-state index in [4.69, 9.17) is 11.5 Å². The number of hydrogen-bond donors (Lipinski definition) is 7. The highest BCUT2D eigenvalue weighted by Crippen LogP contribution is 2.15. The summed E-state index contributed by atoms with van der Waals surface area (Å²) in [4.78, 5) is 76.5. The van der Waals surface area contributed by atoms with E-state index in [0.29, 0.717) is 24.9 Å². The number of carbonyl (C=O) groups is 6. The summed E-state index contributed by atoms with van der Waals surface area (Å²) in [6, 6.07) is 21.8. The number of aliphatic carboxylic acids is 1. The minimum absolute atomic E-state index is 0.115. The molecule has 13 heteroatoms. The van der Waals surface area contributed by atoms with Crippen molar-refractivity contribution in [2.24, 2.45) is 11.7 Å². The molecule has 62 heavy (non-hydrogen) atoms. The number of unbranched alkanes of at least 4 members (excludes halogenated alkanes) is 11. The molecule has 0 aromatic heterocycles. The zero-order valence-corrected chi connectivity index (χ0v) is 36.7. The van der Waals surface area contributed by atoms with Crippen molar-refractivity contribution in [2.45, 2.75) is 154 Å². The maximum Gasteiger partial charge on any atom is 0.326 e. The predicted molar refractivity (Wildman–Crippen MR) is 243 cm³/mol. The molecule has 0 saturated heterocycles. The number of rotatable bonds is 31. The molecule has 3 aromatic rings. The van der Waals surface area contributed by atoms with Gasteiger partial charge in [0.15, 0.2) is 0 Å². The van der Waals surface area contributed by atoms with Gasteiger partial charge in [-0.05, 0) is 47.6 Å². The number of nitrogens with two attached hydrogens (primary N) is 2. The van der Waals surface area contributed by atoms with E-state index in [0.717, 1.165) is 87.3 Å². The largest absolute Gasteiger partial charge is 0.480 e. The summed E-state index contributed by atoms with van der Waals surface area (Å²) in [5.74, 6) is -3.25. The molecule has 0 radical (unpaired) electrons. The quantitative estimate of drug-likeness (QED) is 0.0286. The monoisotopic (exact) mass is 855 g/mol. The van der Waals surface area contributed by atoms with Crippen LogP contribution >= 0.6 is 0 Å². The van der Waals surface area contributed by atoms with Gasteiger partial charge in [-0.2, -0.15) is 0 Å². The van der Waals surface area contributed by atoms with Crippen LogP contribution in [0.15, 0.2) is 84.9 Å². The number of nitrogen functional groups attached to an aromatic ring is 1. The summed E-state index contributed by atoms with van der Waals surface area (Å²) in [5.41, 5.74) is 14.5. The van der Waals surface area contributed by atoms with Crippen molar-refractivity contribution in [3.8, 4) is 0 Å². The average molecular weight is 855 g/mol. The van der Waals surface area contributed by atoms with Gasteiger partial charge in [0.05, 0.1) is 0 Å². The molecular weight excluding hydrogens is 785 g/mol. The van der Waals surface area contributed by atoms with Crippen molar-refractivity contribution < 1.29 is 33.9 Å². The van der Waals surface area contributed by atoms with Gasteiger partial charge >= 0.3 is 5.97 Å². The van der Waals surface area contributed by atoms with E-state index >= 15 is 0 Å². The number of carbonyl (C=O) groups excluding carboxylic acids is 5. The fourth-order valence-electron chi connectivity index (χ4n) is 7.31. The number of carboxylic acids is 1. The van der Waals surface area contributed by atoms with Crippen LogP contribution < -0.4 is 32.7 Å². The van der Waals surface area contributed by atoms with E-state index in [1.54, 1.807) is 24.3 Å². The number of carboxylic acid groups (broad SMARTS) is 1. The molecular formula is C49H70N6O7. The Bertz CT molecular complexity index is 1810. The molecule has 3 aromatic carbocycles. The minimum atomic E-state index is -1.15. The number of hydrogen-bond acceptors (Lipinski definition) is 7. The van der Waals surface area contributed by atoms with Crippen molar-refractivity contribution in [1.29, 1.82) is 0 Å². The van der Waals surface area contributed by atoms with E-state index in [9.17, 15) is 33.9 Å². The highest BCUT2D eigenvalue weighted by Gasteiger charge is 2.30. The van der Waals surface area contributed by atoms with Gasteiger partial charge in [-0.15, -0.1) is 0 Å². The maximum atomic E-state index is 13.4. The zero-order valence-electron chi connectivity index (χ0n) is 36.7. The number of anilines is 1. The predicted octanol–water partition coefficient (Wildman–Crippen LogP) is 6.31. The van der Waals surface area contributed by atoms with Crippen LogP contribution in [0.2, 0.25) is 0 Å². The Kier molecular flexibility index (Phi) is 23.5. The molecule has 0 aliphatic carbocycles. The molecule has 3 rings (SSSR count). The minimum Gasteiger partial charge on any atom is -0.480 e. The summed E-state index contributed by atoms with van der Waals surface area (Å²) in [6.07, 6.45) is 14.0. The van der Waals surface area contributed by atoms with Gasteiger partial charge in [0.2, 0.25) is 29.5 Å². The number of amides is 5. The van der Waals surface area contributed by atoms with Crippen LogP contribution in [0.25, 0.3) is 0 Å². The van der Waals surface area contributed by atoms with Gasteiger partial charge in [-0.1, -0.05) is 157 Å². The summed E-state index contributed by atoms with van der Waals surface area (Å²) in [6.45, 7) is 3.87. The summed E-state index contributed by atoms with van der Waals surface area (Å²) < 4.78 is 0. The Labute approximate surface area is 368 Å². The van der Waals surface area contributed by atoms with Crippen LogP contribution in [-0.2, 0) is 48.0 Å². The first-order chi connectivity index (χ1) is 29.9. The SMILES string of the molecule is CC[C@H](C)[C@H](NC(=O)CCCCCCCCCCCCCCC(=O)N[C@@H](Cc1ccc(N)cc1)C(=O)N[C@@H](Cc1ccccc1)C(=O)O)C(=O)N[C@@H](Cc1ccccc1)C(N)=O. The van der Waals surface area contributed by atoms with E-state index in [1.807, 2.05) is 74.5 Å². The molecule has 0 spiro atoms. The van der Waals surface area contributed by atoms with Crippen LogP contribution in [-0.4, -0.2) is 64.8 Å². The van der Waals surface area contributed by atoms with E-state index in [-0.39, 0.29) is 43.4 Å². The Morgan fingerprint density at radius 1 is 0.516 bits per heavy atom. The third-order valence-electron chi connectivity index (χ3n) is 11.3. The Hall–Kier alpha value is -5.72. The maximum absolute atomic E-state index is 13.4. The Morgan fingerprint density at radius 3 is 1.37 bits per heavy atom. The first-order valence-electron chi connectivity index (χ1n) is 22.5. The standard InChI is InChI=1S/C49H70N6O7/c1-3-35(2)45(48(60)53-40(46(51)58)32-36-22-16-14-17-23-36)55-44(57)27-21-13-11-9-7-5-4-6-8-10-12-20-26-43(56)52-41(33-38-28-30-39(50)31-29-38)47(59)54-42(49(61)62)34-37-24-18-15-19-25-37/h14-19,22-25,28-31,35,40-42,45H,3-13,20-21,26-27,32-34,50H2,1-2H3,(H2,51,58)(H,52,56)(H,53,60)(H,54,59)(H,55,57)(H,61,62)/t35-,40-,41-,42-,45-/m0/s1. The van der Waals surface area contributed by atoms with Crippen molar-refractivity contribution in [1.82, 2.24) is 21.3 Å². The molecule has 9 N–H and O–H groups in total. The molecule has 0 saturated carbocycles. The van der Waals surface area contributed by atoms with Crippen molar-refractivity contribution >= 4 is 41.2 Å². The third kappa shape index (κ3) is 20.2.